The summed E-state index contributed by atoms with van der Waals surface area (Å²) in [4.78, 5) is 4.86. The molecule has 0 bridgehead atoms. The Morgan fingerprint density at radius 2 is 1.33 bits per heavy atom. The molecule has 120 valence electrons. The molecular formula is C20H16O2S2. The standard InChI is InChI=1S/C20H16O2S2/c21-15-5-9-17(10-6-15)24(18-11-7-16(22)8-12-18)14-2-4-20(24)19-3-1-13-23-19/h1-14,21-22H. The molecule has 0 atom stereocenters. The number of phenolic OH excluding ortho intramolecular Hbond substituents is 2. The monoisotopic (exact) mass is 352 g/mol. The number of hydrogen-bond donors (Lipinski definition) is 2. The van der Waals surface area contributed by atoms with Crippen LogP contribution < -0.4 is 0 Å². The Morgan fingerprint density at radius 1 is 0.750 bits per heavy atom. The highest BCUT2D eigenvalue weighted by Gasteiger charge is 2.34. The summed E-state index contributed by atoms with van der Waals surface area (Å²) in [7, 11) is -1.55. The molecule has 2 aromatic carbocycles. The van der Waals surface area contributed by atoms with Crippen LogP contribution >= 0.6 is 21.4 Å². The Balaban J connectivity index is 1.96. The minimum absolute atomic E-state index is 0.266. The summed E-state index contributed by atoms with van der Waals surface area (Å²) < 4.78 is 0. The van der Waals surface area contributed by atoms with Crippen LogP contribution in [0.5, 0.6) is 11.5 Å². The van der Waals surface area contributed by atoms with Crippen molar-refractivity contribution in [3.8, 4) is 11.5 Å². The SMILES string of the molecule is Oc1ccc(S2(c3ccc(O)cc3)C=CC=C2c2cccs2)cc1. The van der Waals surface area contributed by atoms with Gasteiger partial charge in [-0.05, 0) is 71.5 Å². The van der Waals surface area contributed by atoms with Crippen LogP contribution in [0.15, 0.2) is 93.4 Å². The topological polar surface area (TPSA) is 40.5 Å². The van der Waals surface area contributed by atoms with Crippen molar-refractivity contribution in [1.29, 1.82) is 0 Å². The number of thiophene rings is 1. The molecule has 24 heavy (non-hydrogen) atoms. The number of benzene rings is 2. The Bertz CT molecular complexity index is 860. The van der Waals surface area contributed by atoms with E-state index in [2.05, 4.69) is 35.1 Å². The van der Waals surface area contributed by atoms with Crippen molar-refractivity contribution in [3.63, 3.8) is 0 Å². The van der Waals surface area contributed by atoms with Crippen LogP contribution in [0.3, 0.4) is 0 Å². The third kappa shape index (κ3) is 2.35. The van der Waals surface area contributed by atoms with Crippen molar-refractivity contribution in [1.82, 2.24) is 0 Å². The summed E-state index contributed by atoms with van der Waals surface area (Å²) in [5, 5.41) is 23.7. The van der Waals surface area contributed by atoms with Gasteiger partial charge in [-0.15, -0.1) is 21.4 Å². The summed E-state index contributed by atoms with van der Waals surface area (Å²) >= 11 is 1.73. The van der Waals surface area contributed by atoms with Crippen LogP contribution in [0.4, 0.5) is 0 Å². The second-order valence-corrected chi connectivity index (χ2v) is 9.41. The minimum Gasteiger partial charge on any atom is -0.508 e. The molecule has 1 aromatic heterocycles. The zero-order valence-corrected chi connectivity index (χ0v) is 14.4. The van der Waals surface area contributed by atoms with Gasteiger partial charge in [-0.3, -0.25) is 0 Å². The van der Waals surface area contributed by atoms with E-state index in [1.54, 1.807) is 35.6 Å². The number of rotatable bonds is 3. The fourth-order valence-corrected chi connectivity index (χ4v) is 7.50. The third-order valence-electron chi connectivity index (χ3n) is 4.06. The summed E-state index contributed by atoms with van der Waals surface area (Å²) in [6.07, 6.45) is 4.30. The van der Waals surface area contributed by atoms with Gasteiger partial charge < -0.3 is 10.2 Å². The predicted octanol–water partition coefficient (Wildman–Crippen LogP) is 5.95. The van der Waals surface area contributed by atoms with Crippen molar-refractivity contribution in [2.45, 2.75) is 9.79 Å². The molecule has 4 heteroatoms. The van der Waals surface area contributed by atoms with E-state index >= 15 is 0 Å². The lowest BCUT2D eigenvalue weighted by Crippen LogP contribution is -1.99. The number of hydrogen-bond acceptors (Lipinski definition) is 3. The van der Waals surface area contributed by atoms with Gasteiger partial charge in [-0.2, -0.15) is 0 Å². The number of allylic oxidation sites excluding steroid dienone is 2. The van der Waals surface area contributed by atoms with Gasteiger partial charge in [-0.25, -0.2) is 0 Å². The molecule has 0 fully saturated rings. The second kappa shape index (κ2) is 5.89. The van der Waals surface area contributed by atoms with Gasteiger partial charge in [0.1, 0.15) is 11.5 Å². The fraction of sp³-hybridized carbons (Fsp3) is 0. The quantitative estimate of drug-likeness (QED) is 0.611. The van der Waals surface area contributed by atoms with Crippen LogP contribution in [0.25, 0.3) is 4.91 Å². The Morgan fingerprint density at radius 3 is 1.83 bits per heavy atom. The predicted molar refractivity (Wildman–Crippen MR) is 102 cm³/mol. The summed E-state index contributed by atoms with van der Waals surface area (Å²) in [6, 6.07) is 19.1. The smallest absolute Gasteiger partial charge is 0.115 e. The average molecular weight is 352 g/mol. The number of phenols is 2. The van der Waals surface area contributed by atoms with Gasteiger partial charge in [0, 0.05) is 19.6 Å². The van der Waals surface area contributed by atoms with E-state index in [0.717, 1.165) is 0 Å². The fourth-order valence-electron chi connectivity index (χ4n) is 2.95. The molecule has 0 aliphatic carbocycles. The van der Waals surface area contributed by atoms with E-state index < -0.39 is 10.0 Å². The van der Waals surface area contributed by atoms with Gasteiger partial charge in [0.05, 0.1) is 0 Å². The normalized spacial score (nSPS) is 16.8. The van der Waals surface area contributed by atoms with Crippen molar-refractivity contribution < 1.29 is 10.2 Å². The average Bonchev–Trinajstić information content (AvgIpc) is 3.26. The highest BCUT2D eigenvalue weighted by atomic mass is 32.3. The van der Waals surface area contributed by atoms with E-state index in [4.69, 9.17) is 0 Å². The largest absolute Gasteiger partial charge is 0.508 e. The molecule has 0 spiro atoms. The van der Waals surface area contributed by atoms with Gasteiger partial charge in [0.25, 0.3) is 0 Å². The minimum atomic E-state index is -1.55. The summed E-state index contributed by atoms with van der Waals surface area (Å²) in [6.45, 7) is 0. The Kier molecular flexibility index (Phi) is 3.71. The maximum Gasteiger partial charge on any atom is 0.115 e. The molecular weight excluding hydrogens is 336 g/mol. The molecule has 1 aliphatic rings. The van der Waals surface area contributed by atoms with Gasteiger partial charge in [0.15, 0.2) is 0 Å². The Labute approximate surface area is 146 Å². The summed E-state index contributed by atoms with van der Waals surface area (Å²) in [5.41, 5.74) is 0. The molecule has 3 aromatic rings. The molecule has 4 rings (SSSR count). The molecule has 2 nitrogen and oxygen atoms in total. The lowest BCUT2D eigenvalue weighted by molar-refractivity contribution is 0.474. The van der Waals surface area contributed by atoms with E-state index in [9.17, 15) is 10.2 Å². The second-order valence-electron chi connectivity index (χ2n) is 5.48. The van der Waals surface area contributed by atoms with Crippen molar-refractivity contribution in [3.05, 3.63) is 88.5 Å². The summed E-state index contributed by atoms with van der Waals surface area (Å²) in [5.74, 6) is 0.533. The van der Waals surface area contributed by atoms with Crippen LogP contribution in [-0.4, -0.2) is 10.2 Å². The van der Waals surface area contributed by atoms with E-state index in [1.165, 1.54) is 19.6 Å². The first-order valence-electron chi connectivity index (χ1n) is 7.54. The first-order chi connectivity index (χ1) is 11.7. The number of aromatic hydroxyl groups is 2. The van der Waals surface area contributed by atoms with Crippen molar-refractivity contribution in [2.75, 3.05) is 0 Å². The van der Waals surface area contributed by atoms with Crippen LogP contribution in [0, 0.1) is 0 Å². The molecule has 0 amide bonds. The van der Waals surface area contributed by atoms with Gasteiger partial charge in [-0.1, -0.05) is 12.1 Å². The zero-order chi connectivity index (χ0) is 16.6. The van der Waals surface area contributed by atoms with Crippen molar-refractivity contribution in [2.24, 2.45) is 0 Å². The molecule has 0 radical (unpaired) electrons. The van der Waals surface area contributed by atoms with Gasteiger partial charge >= 0.3 is 0 Å². The van der Waals surface area contributed by atoms with Crippen LogP contribution in [0.1, 0.15) is 4.88 Å². The maximum absolute atomic E-state index is 9.69. The van der Waals surface area contributed by atoms with Gasteiger partial charge in [0.2, 0.25) is 0 Å². The van der Waals surface area contributed by atoms with E-state index in [0.29, 0.717) is 0 Å². The molecule has 2 N–H and O–H groups in total. The highest BCUT2D eigenvalue weighted by Crippen LogP contribution is 2.74. The third-order valence-corrected chi connectivity index (χ3v) is 8.74. The van der Waals surface area contributed by atoms with E-state index in [-0.39, 0.29) is 11.5 Å². The molecule has 0 saturated carbocycles. The lowest BCUT2D eigenvalue weighted by atomic mass is 10.3. The first kappa shape index (κ1) is 15.1. The molecule has 1 aliphatic heterocycles. The lowest BCUT2D eigenvalue weighted by Gasteiger charge is -2.37. The molecule has 0 unspecified atom stereocenters. The Hall–Kier alpha value is -2.43. The van der Waals surface area contributed by atoms with Crippen molar-refractivity contribution >= 4 is 26.3 Å². The first-order valence-corrected chi connectivity index (χ1v) is 10.1. The molecule has 0 saturated heterocycles. The van der Waals surface area contributed by atoms with Crippen LogP contribution in [0.2, 0.25) is 0 Å². The zero-order valence-electron chi connectivity index (χ0n) is 12.8. The van der Waals surface area contributed by atoms with E-state index in [1.807, 2.05) is 24.3 Å². The van der Waals surface area contributed by atoms with Crippen LogP contribution in [-0.2, 0) is 0 Å². The molecule has 2 heterocycles. The highest BCUT2D eigenvalue weighted by molar-refractivity contribution is 8.43. The maximum atomic E-state index is 9.69.